The number of sulfonamides is 1. The third-order valence-corrected chi connectivity index (χ3v) is 5.02. The summed E-state index contributed by atoms with van der Waals surface area (Å²) in [7, 11) is -3.81. The second kappa shape index (κ2) is 5.56. The minimum atomic E-state index is -3.81. The van der Waals surface area contributed by atoms with E-state index in [2.05, 4.69) is 10.0 Å². The van der Waals surface area contributed by atoms with Crippen molar-refractivity contribution in [2.75, 3.05) is 13.1 Å². The van der Waals surface area contributed by atoms with Crippen molar-refractivity contribution in [3.05, 3.63) is 29.6 Å². The largest absolute Gasteiger partial charge is 0.315 e. The normalized spacial score (nSPS) is 24.4. The average Bonchev–Trinajstić information content (AvgIpc) is 2.35. The van der Waals surface area contributed by atoms with Crippen molar-refractivity contribution in [2.45, 2.75) is 31.2 Å². The van der Waals surface area contributed by atoms with Gasteiger partial charge in [-0.1, -0.05) is 13.0 Å². The molecule has 0 spiro atoms. The maximum absolute atomic E-state index is 13.7. The fourth-order valence-corrected chi connectivity index (χ4v) is 3.73. The molecule has 106 valence electrons. The van der Waals surface area contributed by atoms with E-state index in [1.165, 1.54) is 12.1 Å². The SMILES string of the molecule is Cc1ccc(F)c(S(=O)(=O)NC2CNCCC2C)c1. The van der Waals surface area contributed by atoms with E-state index < -0.39 is 15.8 Å². The van der Waals surface area contributed by atoms with Crippen LogP contribution < -0.4 is 10.0 Å². The number of benzene rings is 1. The van der Waals surface area contributed by atoms with Gasteiger partial charge in [-0.15, -0.1) is 0 Å². The smallest absolute Gasteiger partial charge is 0.243 e. The predicted octanol–water partition coefficient (Wildman–Crippen LogP) is 1.41. The molecule has 1 aliphatic rings. The summed E-state index contributed by atoms with van der Waals surface area (Å²) in [6.45, 7) is 5.20. The zero-order valence-electron chi connectivity index (χ0n) is 11.1. The van der Waals surface area contributed by atoms with Gasteiger partial charge in [0.05, 0.1) is 0 Å². The summed E-state index contributed by atoms with van der Waals surface area (Å²) in [5, 5.41) is 3.14. The highest BCUT2D eigenvalue weighted by Crippen LogP contribution is 2.19. The molecule has 1 fully saturated rings. The van der Waals surface area contributed by atoms with Gasteiger partial charge < -0.3 is 5.32 Å². The Labute approximate surface area is 113 Å². The van der Waals surface area contributed by atoms with E-state index in [1.807, 2.05) is 6.92 Å². The third-order valence-electron chi connectivity index (χ3n) is 3.51. The van der Waals surface area contributed by atoms with Crippen molar-refractivity contribution < 1.29 is 12.8 Å². The summed E-state index contributed by atoms with van der Waals surface area (Å²) in [5.74, 6) is -0.474. The number of hydrogen-bond acceptors (Lipinski definition) is 3. The van der Waals surface area contributed by atoms with Crippen molar-refractivity contribution in [3.63, 3.8) is 0 Å². The van der Waals surface area contributed by atoms with E-state index >= 15 is 0 Å². The van der Waals surface area contributed by atoms with Gasteiger partial charge in [0, 0.05) is 12.6 Å². The molecule has 0 bridgehead atoms. The van der Waals surface area contributed by atoms with Crippen molar-refractivity contribution in [3.8, 4) is 0 Å². The molecule has 2 atom stereocenters. The molecule has 1 aromatic carbocycles. The second-order valence-electron chi connectivity index (χ2n) is 5.13. The maximum Gasteiger partial charge on any atom is 0.243 e. The van der Waals surface area contributed by atoms with Crippen LogP contribution in [0.3, 0.4) is 0 Å². The molecular weight excluding hydrogens is 267 g/mol. The first kappa shape index (κ1) is 14.4. The fraction of sp³-hybridized carbons (Fsp3) is 0.538. The summed E-state index contributed by atoms with van der Waals surface area (Å²) in [4.78, 5) is -0.273. The lowest BCUT2D eigenvalue weighted by Gasteiger charge is -2.30. The highest BCUT2D eigenvalue weighted by Gasteiger charge is 2.28. The minimum Gasteiger partial charge on any atom is -0.315 e. The van der Waals surface area contributed by atoms with Crippen LogP contribution >= 0.6 is 0 Å². The van der Waals surface area contributed by atoms with Crippen LogP contribution in [-0.4, -0.2) is 27.5 Å². The zero-order valence-corrected chi connectivity index (χ0v) is 11.9. The first-order valence-corrected chi connectivity index (χ1v) is 7.87. The van der Waals surface area contributed by atoms with Crippen LogP contribution in [0, 0.1) is 18.7 Å². The number of nitrogens with one attached hydrogen (secondary N) is 2. The van der Waals surface area contributed by atoms with Crippen LogP contribution in [0.25, 0.3) is 0 Å². The third kappa shape index (κ3) is 3.32. The molecule has 0 saturated carbocycles. The number of piperidine rings is 1. The van der Waals surface area contributed by atoms with Crippen molar-refractivity contribution >= 4 is 10.0 Å². The van der Waals surface area contributed by atoms with E-state index in [0.717, 1.165) is 18.5 Å². The van der Waals surface area contributed by atoms with Crippen molar-refractivity contribution in [2.24, 2.45) is 5.92 Å². The highest BCUT2D eigenvalue weighted by atomic mass is 32.2. The van der Waals surface area contributed by atoms with Crippen LogP contribution in [0.1, 0.15) is 18.9 Å². The Morgan fingerprint density at radius 3 is 2.84 bits per heavy atom. The average molecular weight is 286 g/mol. The van der Waals surface area contributed by atoms with E-state index in [4.69, 9.17) is 0 Å². The van der Waals surface area contributed by atoms with Gasteiger partial charge in [0.1, 0.15) is 10.7 Å². The molecule has 2 rings (SSSR count). The van der Waals surface area contributed by atoms with Gasteiger partial charge in [-0.25, -0.2) is 17.5 Å². The quantitative estimate of drug-likeness (QED) is 0.883. The number of hydrogen-bond donors (Lipinski definition) is 2. The molecule has 2 N–H and O–H groups in total. The molecule has 1 aliphatic heterocycles. The lowest BCUT2D eigenvalue weighted by Crippen LogP contribution is -2.50. The molecule has 0 amide bonds. The molecule has 19 heavy (non-hydrogen) atoms. The molecule has 1 aromatic rings. The first-order valence-electron chi connectivity index (χ1n) is 6.39. The van der Waals surface area contributed by atoms with Crippen LogP contribution in [-0.2, 0) is 10.0 Å². The number of aryl methyl sites for hydroxylation is 1. The van der Waals surface area contributed by atoms with Gasteiger partial charge in [-0.2, -0.15) is 0 Å². The van der Waals surface area contributed by atoms with Gasteiger partial charge in [-0.3, -0.25) is 0 Å². The summed E-state index contributed by atoms with van der Waals surface area (Å²) in [6, 6.07) is 3.91. The van der Waals surface area contributed by atoms with E-state index in [9.17, 15) is 12.8 Å². The van der Waals surface area contributed by atoms with E-state index in [0.29, 0.717) is 6.54 Å². The molecule has 2 unspecified atom stereocenters. The lowest BCUT2D eigenvalue weighted by atomic mass is 9.96. The van der Waals surface area contributed by atoms with Gasteiger partial charge in [0.2, 0.25) is 10.0 Å². The molecule has 0 aromatic heterocycles. The summed E-state index contributed by atoms with van der Waals surface area (Å²) in [5.41, 5.74) is 0.719. The molecule has 4 nitrogen and oxygen atoms in total. The van der Waals surface area contributed by atoms with Crippen LogP contribution in [0.2, 0.25) is 0 Å². The Balaban J connectivity index is 2.24. The highest BCUT2D eigenvalue weighted by molar-refractivity contribution is 7.89. The summed E-state index contributed by atoms with van der Waals surface area (Å²) in [6.07, 6.45) is 0.906. The topological polar surface area (TPSA) is 58.2 Å². The molecule has 1 saturated heterocycles. The lowest BCUT2D eigenvalue weighted by molar-refractivity contribution is 0.327. The van der Waals surface area contributed by atoms with Gasteiger partial charge in [0.15, 0.2) is 0 Å². The van der Waals surface area contributed by atoms with Gasteiger partial charge >= 0.3 is 0 Å². The minimum absolute atomic E-state index is 0.196. The standard InChI is InChI=1S/C13H19FN2O2S/c1-9-3-4-11(14)13(7-9)19(17,18)16-12-8-15-6-5-10(12)2/h3-4,7,10,12,15-16H,5-6,8H2,1-2H3. The van der Waals surface area contributed by atoms with Gasteiger partial charge in [0.25, 0.3) is 0 Å². The maximum atomic E-state index is 13.7. The van der Waals surface area contributed by atoms with Crippen LogP contribution in [0.4, 0.5) is 4.39 Å². The summed E-state index contributed by atoms with van der Waals surface area (Å²) < 4.78 is 40.8. The van der Waals surface area contributed by atoms with Crippen LogP contribution in [0.5, 0.6) is 0 Å². The second-order valence-corrected chi connectivity index (χ2v) is 6.81. The fourth-order valence-electron chi connectivity index (χ4n) is 2.23. The molecule has 0 aliphatic carbocycles. The number of rotatable bonds is 3. The Morgan fingerprint density at radius 1 is 1.42 bits per heavy atom. The Hall–Kier alpha value is -0.980. The van der Waals surface area contributed by atoms with Gasteiger partial charge in [-0.05, 0) is 43.5 Å². The zero-order chi connectivity index (χ0) is 14.0. The van der Waals surface area contributed by atoms with Crippen molar-refractivity contribution in [1.29, 1.82) is 0 Å². The Bertz CT molecular complexity index is 560. The van der Waals surface area contributed by atoms with E-state index in [-0.39, 0.29) is 16.9 Å². The molecular formula is C13H19FN2O2S. The first-order chi connectivity index (χ1) is 8.90. The Morgan fingerprint density at radius 2 is 2.16 bits per heavy atom. The predicted molar refractivity (Wildman–Crippen MR) is 71.9 cm³/mol. The Kier molecular flexibility index (Phi) is 4.23. The van der Waals surface area contributed by atoms with Crippen molar-refractivity contribution in [1.82, 2.24) is 10.0 Å². The molecule has 0 radical (unpaired) electrons. The molecule has 6 heteroatoms. The molecule has 1 heterocycles. The summed E-state index contributed by atoms with van der Waals surface area (Å²) >= 11 is 0. The number of halogens is 1. The van der Waals surface area contributed by atoms with Crippen LogP contribution in [0.15, 0.2) is 23.1 Å². The van der Waals surface area contributed by atoms with E-state index in [1.54, 1.807) is 13.0 Å². The monoisotopic (exact) mass is 286 g/mol.